The predicted octanol–water partition coefficient (Wildman–Crippen LogP) is 1.78. The number of hydrogen-bond donors (Lipinski definition) is 2. The van der Waals surface area contributed by atoms with Gasteiger partial charge in [0.05, 0.1) is 11.5 Å². The van der Waals surface area contributed by atoms with Gasteiger partial charge in [0.2, 0.25) is 10.0 Å². The molecule has 0 aromatic heterocycles. The molecule has 114 valence electrons. The van der Waals surface area contributed by atoms with Gasteiger partial charge in [-0.2, -0.15) is 0 Å². The van der Waals surface area contributed by atoms with Gasteiger partial charge in [0.15, 0.2) is 0 Å². The third kappa shape index (κ3) is 4.19. The van der Waals surface area contributed by atoms with Gasteiger partial charge in [0.1, 0.15) is 0 Å². The van der Waals surface area contributed by atoms with Gasteiger partial charge in [-0.25, -0.2) is 13.1 Å². The van der Waals surface area contributed by atoms with Crippen molar-refractivity contribution in [2.75, 3.05) is 19.5 Å². The minimum absolute atomic E-state index is 0.135. The molecule has 0 heterocycles. The Morgan fingerprint density at radius 2 is 2.00 bits per heavy atom. The summed E-state index contributed by atoms with van der Waals surface area (Å²) >= 11 is 0. The van der Waals surface area contributed by atoms with Crippen LogP contribution in [0.15, 0.2) is 23.1 Å². The number of nitrogens with one attached hydrogen (secondary N) is 1. The molecule has 1 rings (SSSR count). The standard InChI is InChI=1S/C14H24N2O3S/c1-5-11-6-7-12(15)8-14(11)20(17,18)16-13(9-19-4)10(2)3/h6-8,10,13,16H,5,9,15H2,1-4H3. The van der Waals surface area contributed by atoms with Gasteiger partial charge in [-0.15, -0.1) is 0 Å². The third-order valence-corrected chi connectivity index (χ3v) is 4.79. The van der Waals surface area contributed by atoms with E-state index in [4.69, 9.17) is 10.5 Å². The van der Waals surface area contributed by atoms with Crippen LogP contribution in [0.2, 0.25) is 0 Å². The SMILES string of the molecule is CCc1ccc(N)cc1S(=O)(=O)NC(COC)C(C)C. The number of anilines is 1. The fraction of sp³-hybridized carbons (Fsp3) is 0.571. The van der Waals surface area contributed by atoms with Crippen LogP contribution in [0.1, 0.15) is 26.3 Å². The summed E-state index contributed by atoms with van der Waals surface area (Å²) in [6.45, 7) is 6.15. The smallest absolute Gasteiger partial charge is 0.241 e. The molecule has 0 aliphatic heterocycles. The first-order chi connectivity index (χ1) is 9.31. The number of sulfonamides is 1. The van der Waals surface area contributed by atoms with Gasteiger partial charge in [0, 0.05) is 18.8 Å². The maximum atomic E-state index is 12.5. The molecule has 3 N–H and O–H groups in total. The van der Waals surface area contributed by atoms with Crippen LogP contribution in [0, 0.1) is 5.92 Å². The van der Waals surface area contributed by atoms with Crippen LogP contribution in [0.5, 0.6) is 0 Å². The number of nitrogen functional groups attached to an aromatic ring is 1. The number of hydrogen-bond acceptors (Lipinski definition) is 4. The molecule has 0 radical (unpaired) electrons. The van der Waals surface area contributed by atoms with Crippen molar-refractivity contribution < 1.29 is 13.2 Å². The molecule has 0 spiro atoms. The summed E-state index contributed by atoms with van der Waals surface area (Å²) in [6, 6.07) is 4.71. The zero-order valence-electron chi connectivity index (χ0n) is 12.5. The van der Waals surface area contributed by atoms with Crippen molar-refractivity contribution in [3.63, 3.8) is 0 Å². The summed E-state index contributed by atoms with van der Waals surface area (Å²) in [5, 5.41) is 0. The highest BCUT2D eigenvalue weighted by molar-refractivity contribution is 7.89. The minimum atomic E-state index is -3.60. The molecule has 1 aromatic carbocycles. The lowest BCUT2D eigenvalue weighted by Crippen LogP contribution is -2.41. The Labute approximate surface area is 121 Å². The summed E-state index contributed by atoms with van der Waals surface area (Å²) in [5.41, 5.74) is 6.91. The average molecular weight is 300 g/mol. The molecule has 5 nitrogen and oxygen atoms in total. The van der Waals surface area contributed by atoms with Crippen molar-refractivity contribution in [3.05, 3.63) is 23.8 Å². The highest BCUT2D eigenvalue weighted by Crippen LogP contribution is 2.20. The van der Waals surface area contributed by atoms with E-state index < -0.39 is 10.0 Å². The lowest BCUT2D eigenvalue weighted by molar-refractivity contribution is 0.157. The van der Waals surface area contributed by atoms with Gasteiger partial charge in [-0.1, -0.05) is 26.8 Å². The lowest BCUT2D eigenvalue weighted by atomic mass is 10.1. The van der Waals surface area contributed by atoms with Crippen molar-refractivity contribution in [1.29, 1.82) is 0 Å². The van der Waals surface area contributed by atoms with Crippen LogP contribution in [-0.2, 0) is 21.2 Å². The van der Waals surface area contributed by atoms with Crippen molar-refractivity contribution in [2.45, 2.75) is 38.1 Å². The van der Waals surface area contributed by atoms with E-state index >= 15 is 0 Å². The fourth-order valence-electron chi connectivity index (χ4n) is 1.92. The molecule has 0 saturated heterocycles. The van der Waals surface area contributed by atoms with Crippen LogP contribution in [0.3, 0.4) is 0 Å². The molecule has 20 heavy (non-hydrogen) atoms. The molecular formula is C14H24N2O3S. The number of methoxy groups -OCH3 is 1. The second-order valence-corrected chi connectivity index (χ2v) is 6.83. The molecule has 0 aliphatic carbocycles. The van der Waals surface area contributed by atoms with E-state index in [9.17, 15) is 8.42 Å². The maximum Gasteiger partial charge on any atom is 0.241 e. The number of benzene rings is 1. The van der Waals surface area contributed by atoms with E-state index in [-0.39, 0.29) is 16.9 Å². The van der Waals surface area contributed by atoms with Gasteiger partial charge < -0.3 is 10.5 Å². The number of aryl methyl sites for hydroxylation is 1. The molecule has 0 saturated carbocycles. The van der Waals surface area contributed by atoms with E-state index in [2.05, 4.69) is 4.72 Å². The second-order valence-electron chi connectivity index (χ2n) is 5.15. The Balaban J connectivity index is 3.13. The maximum absolute atomic E-state index is 12.5. The van der Waals surface area contributed by atoms with E-state index in [1.807, 2.05) is 20.8 Å². The van der Waals surface area contributed by atoms with Crippen molar-refractivity contribution in [3.8, 4) is 0 Å². The van der Waals surface area contributed by atoms with Crippen LogP contribution in [0.25, 0.3) is 0 Å². The van der Waals surface area contributed by atoms with Crippen molar-refractivity contribution in [1.82, 2.24) is 4.72 Å². The first kappa shape index (κ1) is 16.9. The van der Waals surface area contributed by atoms with Crippen LogP contribution in [0.4, 0.5) is 5.69 Å². The van der Waals surface area contributed by atoms with E-state index in [0.717, 1.165) is 5.56 Å². The van der Waals surface area contributed by atoms with E-state index in [0.29, 0.717) is 18.7 Å². The number of nitrogens with two attached hydrogens (primary N) is 1. The quantitative estimate of drug-likeness (QED) is 0.752. The average Bonchev–Trinajstić information content (AvgIpc) is 2.38. The Morgan fingerprint density at radius 1 is 1.35 bits per heavy atom. The highest BCUT2D eigenvalue weighted by atomic mass is 32.2. The second kappa shape index (κ2) is 7.06. The number of ether oxygens (including phenoxy) is 1. The molecule has 0 bridgehead atoms. The van der Waals surface area contributed by atoms with E-state index in [1.54, 1.807) is 19.2 Å². The molecule has 1 atom stereocenters. The van der Waals surface area contributed by atoms with Crippen LogP contribution < -0.4 is 10.5 Å². The largest absolute Gasteiger partial charge is 0.399 e. The summed E-state index contributed by atoms with van der Waals surface area (Å²) in [6.07, 6.45) is 0.632. The summed E-state index contributed by atoms with van der Waals surface area (Å²) in [5.74, 6) is 0.135. The monoisotopic (exact) mass is 300 g/mol. The lowest BCUT2D eigenvalue weighted by Gasteiger charge is -2.22. The predicted molar refractivity (Wildman–Crippen MR) is 81.1 cm³/mol. The van der Waals surface area contributed by atoms with Gasteiger partial charge in [-0.05, 0) is 30.0 Å². The molecule has 0 amide bonds. The van der Waals surface area contributed by atoms with Crippen LogP contribution >= 0.6 is 0 Å². The molecule has 0 aliphatic rings. The normalized spacial score (nSPS) is 13.7. The Hall–Kier alpha value is -1.11. The van der Waals surface area contributed by atoms with Crippen molar-refractivity contribution >= 4 is 15.7 Å². The first-order valence-corrected chi connectivity index (χ1v) is 8.19. The Morgan fingerprint density at radius 3 is 2.50 bits per heavy atom. The topological polar surface area (TPSA) is 81.4 Å². The first-order valence-electron chi connectivity index (χ1n) is 6.71. The highest BCUT2D eigenvalue weighted by Gasteiger charge is 2.24. The molecule has 0 fully saturated rings. The molecular weight excluding hydrogens is 276 g/mol. The zero-order valence-corrected chi connectivity index (χ0v) is 13.3. The molecule has 1 unspecified atom stereocenters. The fourth-order valence-corrected chi connectivity index (χ4v) is 3.63. The minimum Gasteiger partial charge on any atom is -0.399 e. The molecule has 1 aromatic rings. The van der Waals surface area contributed by atoms with Gasteiger partial charge in [-0.3, -0.25) is 0 Å². The van der Waals surface area contributed by atoms with Crippen LogP contribution in [-0.4, -0.2) is 28.2 Å². The zero-order chi connectivity index (χ0) is 15.3. The van der Waals surface area contributed by atoms with Gasteiger partial charge in [0.25, 0.3) is 0 Å². The Kier molecular flexibility index (Phi) is 5.98. The summed E-state index contributed by atoms with van der Waals surface area (Å²) in [7, 11) is -2.04. The van der Waals surface area contributed by atoms with Gasteiger partial charge >= 0.3 is 0 Å². The van der Waals surface area contributed by atoms with E-state index in [1.165, 1.54) is 6.07 Å². The molecule has 6 heteroatoms. The Bertz CT molecular complexity index is 541. The summed E-state index contributed by atoms with van der Waals surface area (Å²) in [4.78, 5) is 0.252. The summed E-state index contributed by atoms with van der Waals surface area (Å²) < 4.78 is 32.8. The third-order valence-electron chi connectivity index (χ3n) is 3.22. The van der Waals surface area contributed by atoms with Crippen molar-refractivity contribution in [2.24, 2.45) is 5.92 Å². The number of rotatable bonds is 7.